The second kappa shape index (κ2) is 5.80. The molecule has 5 heteroatoms. The summed E-state index contributed by atoms with van der Waals surface area (Å²) < 4.78 is 5.26. The smallest absolute Gasteiger partial charge is 0.226 e. The summed E-state index contributed by atoms with van der Waals surface area (Å²) in [5.41, 5.74) is 0. The van der Waals surface area contributed by atoms with E-state index in [2.05, 4.69) is 0 Å². The standard InChI is InChI=1S/C12H21NO4/c14-7-10-8-17-6-5-13(10)12(16)9-1-3-11(15)4-2-9/h9-11,14-15H,1-8H2. The lowest BCUT2D eigenvalue weighted by Crippen LogP contribution is -2.52. The van der Waals surface area contributed by atoms with E-state index in [-0.39, 0.29) is 30.6 Å². The van der Waals surface area contributed by atoms with Gasteiger partial charge in [-0.15, -0.1) is 0 Å². The lowest BCUT2D eigenvalue weighted by molar-refractivity contribution is -0.147. The van der Waals surface area contributed by atoms with Crippen LogP contribution in [0.15, 0.2) is 0 Å². The zero-order valence-electron chi connectivity index (χ0n) is 10.0. The number of aliphatic hydroxyl groups excluding tert-OH is 2. The molecule has 0 radical (unpaired) electrons. The van der Waals surface area contributed by atoms with Crippen LogP contribution in [0.4, 0.5) is 0 Å². The summed E-state index contributed by atoms with van der Waals surface area (Å²) in [5, 5.41) is 18.7. The third-order valence-corrected chi connectivity index (χ3v) is 3.77. The fourth-order valence-corrected chi connectivity index (χ4v) is 2.65. The molecule has 1 heterocycles. The number of carbonyl (C=O) groups excluding carboxylic acids is 1. The lowest BCUT2D eigenvalue weighted by atomic mass is 9.86. The molecule has 2 N–H and O–H groups in total. The molecule has 0 aromatic carbocycles. The van der Waals surface area contributed by atoms with E-state index in [0.29, 0.717) is 32.6 Å². The maximum atomic E-state index is 12.3. The summed E-state index contributed by atoms with van der Waals surface area (Å²) in [5.74, 6) is 0.143. The number of morpholine rings is 1. The van der Waals surface area contributed by atoms with Gasteiger partial charge in [0.15, 0.2) is 0 Å². The molecule has 5 nitrogen and oxygen atoms in total. The van der Waals surface area contributed by atoms with Crippen molar-refractivity contribution in [3.63, 3.8) is 0 Å². The zero-order chi connectivity index (χ0) is 12.3. The van der Waals surface area contributed by atoms with E-state index in [9.17, 15) is 15.0 Å². The molecular weight excluding hydrogens is 222 g/mol. The van der Waals surface area contributed by atoms with E-state index in [1.807, 2.05) is 0 Å². The highest BCUT2D eigenvalue weighted by Crippen LogP contribution is 2.27. The Morgan fingerprint density at radius 3 is 2.65 bits per heavy atom. The Kier molecular flexibility index (Phi) is 4.36. The monoisotopic (exact) mass is 243 g/mol. The van der Waals surface area contributed by atoms with Gasteiger partial charge < -0.3 is 19.8 Å². The minimum absolute atomic E-state index is 0.0190. The normalized spacial score (nSPS) is 34.7. The molecule has 1 aliphatic carbocycles. The van der Waals surface area contributed by atoms with Gasteiger partial charge in [0.2, 0.25) is 5.91 Å². The third kappa shape index (κ3) is 2.97. The number of aliphatic hydroxyl groups is 2. The highest BCUT2D eigenvalue weighted by atomic mass is 16.5. The maximum Gasteiger partial charge on any atom is 0.226 e. The van der Waals surface area contributed by atoms with Crippen molar-refractivity contribution >= 4 is 5.91 Å². The molecule has 2 aliphatic rings. The summed E-state index contributed by atoms with van der Waals surface area (Å²) in [6.07, 6.45) is 2.71. The average Bonchev–Trinajstić information content (AvgIpc) is 2.39. The van der Waals surface area contributed by atoms with Crippen molar-refractivity contribution < 1.29 is 19.7 Å². The number of carbonyl (C=O) groups is 1. The molecule has 0 bridgehead atoms. The number of amides is 1. The number of rotatable bonds is 2. The molecule has 98 valence electrons. The molecule has 1 aliphatic heterocycles. The summed E-state index contributed by atoms with van der Waals surface area (Å²) in [7, 11) is 0. The minimum Gasteiger partial charge on any atom is -0.394 e. The molecule has 2 fully saturated rings. The zero-order valence-corrected chi connectivity index (χ0v) is 10.0. The van der Waals surface area contributed by atoms with Gasteiger partial charge in [-0.2, -0.15) is 0 Å². The van der Waals surface area contributed by atoms with Gasteiger partial charge >= 0.3 is 0 Å². The second-order valence-electron chi connectivity index (χ2n) is 4.95. The Morgan fingerprint density at radius 1 is 1.29 bits per heavy atom. The molecule has 1 atom stereocenters. The van der Waals surface area contributed by atoms with Gasteiger partial charge in [-0.25, -0.2) is 0 Å². The van der Waals surface area contributed by atoms with E-state index in [4.69, 9.17) is 4.74 Å². The van der Waals surface area contributed by atoms with Crippen molar-refractivity contribution in [3.8, 4) is 0 Å². The minimum atomic E-state index is -0.239. The number of ether oxygens (including phenoxy) is 1. The first kappa shape index (κ1) is 12.8. The molecule has 1 saturated heterocycles. The molecule has 0 aromatic heterocycles. The van der Waals surface area contributed by atoms with Gasteiger partial charge in [0, 0.05) is 12.5 Å². The van der Waals surface area contributed by atoms with Crippen LogP contribution in [0.5, 0.6) is 0 Å². The van der Waals surface area contributed by atoms with E-state index >= 15 is 0 Å². The van der Waals surface area contributed by atoms with Crippen molar-refractivity contribution in [2.75, 3.05) is 26.4 Å². The Balaban J connectivity index is 1.93. The highest BCUT2D eigenvalue weighted by Gasteiger charge is 2.33. The molecule has 2 rings (SSSR count). The van der Waals surface area contributed by atoms with Crippen molar-refractivity contribution in [2.45, 2.75) is 37.8 Å². The van der Waals surface area contributed by atoms with Crippen molar-refractivity contribution in [1.29, 1.82) is 0 Å². The lowest BCUT2D eigenvalue weighted by Gasteiger charge is -2.38. The Hall–Kier alpha value is -0.650. The summed E-state index contributed by atoms with van der Waals surface area (Å²) in [6, 6.07) is -0.192. The molecule has 1 unspecified atom stereocenters. The molecule has 1 amide bonds. The van der Waals surface area contributed by atoms with Gasteiger partial charge in [0.25, 0.3) is 0 Å². The average molecular weight is 243 g/mol. The number of hydrogen-bond acceptors (Lipinski definition) is 4. The van der Waals surface area contributed by atoms with Crippen LogP contribution in [0.25, 0.3) is 0 Å². The van der Waals surface area contributed by atoms with E-state index < -0.39 is 0 Å². The first-order valence-electron chi connectivity index (χ1n) is 6.39. The van der Waals surface area contributed by atoms with Crippen molar-refractivity contribution in [1.82, 2.24) is 4.90 Å². The summed E-state index contributed by atoms with van der Waals surface area (Å²) in [6.45, 7) is 1.51. The Morgan fingerprint density at radius 2 is 2.00 bits per heavy atom. The van der Waals surface area contributed by atoms with Crippen LogP contribution in [-0.2, 0) is 9.53 Å². The van der Waals surface area contributed by atoms with Gasteiger partial charge in [0.1, 0.15) is 0 Å². The van der Waals surface area contributed by atoms with Crippen LogP contribution < -0.4 is 0 Å². The number of hydrogen-bond donors (Lipinski definition) is 2. The molecular formula is C12H21NO4. The third-order valence-electron chi connectivity index (χ3n) is 3.77. The van der Waals surface area contributed by atoms with Crippen LogP contribution >= 0.6 is 0 Å². The van der Waals surface area contributed by atoms with Crippen LogP contribution in [0.3, 0.4) is 0 Å². The van der Waals surface area contributed by atoms with Crippen LogP contribution in [0.1, 0.15) is 25.7 Å². The van der Waals surface area contributed by atoms with Crippen LogP contribution in [-0.4, -0.2) is 59.5 Å². The van der Waals surface area contributed by atoms with E-state index in [0.717, 1.165) is 12.8 Å². The van der Waals surface area contributed by atoms with Gasteiger partial charge in [-0.3, -0.25) is 4.79 Å². The second-order valence-corrected chi connectivity index (χ2v) is 4.95. The van der Waals surface area contributed by atoms with Gasteiger partial charge in [0.05, 0.1) is 32.0 Å². The van der Waals surface area contributed by atoms with E-state index in [1.165, 1.54) is 0 Å². The predicted molar refractivity (Wildman–Crippen MR) is 61.4 cm³/mol. The van der Waals surface area contributed by atoms with E-state index in [1.54, 1.807) is 4.90 Å². The maximum absolute atomic E-state index is 12.3. The molecule has 1 saturated carbocycles. The quantitative estimate of drug-likeness (QED) is 0.702. The highest BCUT2D eigenvalue weighted by molar-refractivity contribution is 5.79. The fourth-order valence-electron chi connectivity index (χ4n) is 2.65. The summed E-state index contributed by atoms with van der Waals surface area (Å²) in [4.78, 5) is 14.1. The van der Waals surface area contributed by atoms with Crippen LogP contribution in [0.2, 0.25) is 0 Å². The Bertz CT molecular complexity index is 263. The van der Waals surface area contributed by atoms with Crippen molar-refractivity contribution in [3.05, 3.63) is 0 Å². The Labute approximate surface area is 101 Å². The number of nitrogens with zero attached hydrogens (tertiary/aromatic N) is 1. The SMILES string of the molecule is O=C(C1CCC(O)CC1)N1CCOCC1CO. The topological polar surface area (TPSA) is 70.0 Å². The first-order valence-corrected chi connectivity index (χ1v) is 6.39. The first-order chi connectivity index (χ1) is 8.22. The van der Waals surface area contributed by atoms with Crippen molar-refractivity contribution in [2.24, 2.45) is 5.92 Å². The molecule has 17 heavy (non-hydrogen) atoms. The van der Waals surface area contributed by atoms with Crippen LogP contribution in [0, 0.1) is 5.92 Å². The molecule has 0 spiro atoms. The fraction of sp³-hybridized carbons (Fsp3) is 0.917. The molecule has 0 aromatic rings. The summed E-state index contributed by atoms with van der Waals surface area (Å²) >= 11 is 0. The van der Waals surface area contributed by atoms with Gasteiger partial charge in [-0.05, 0) is 25.7 Å². The predicted octanol–water partition coefficient (Wildman–Crippen LogP) is -0.243. The van der Waals surface area contributed by atoms with Gasteiger partial charge in [-0.1, -0.05) is 0 Å². The largest absolute Gasteiger partial charge is 0.394 e.